The molecule has 0 bridgehead atoms. The molecule has 6 nitrogen and oxygen atoms in total. The average Bonchev–Trinajstić information content (AvgIpc) is 2.34. The first-order chi connectivity index (χ1) is 9.20. The van der Waals surface area contributed by atoms with Gasteiger partial charge in [-0.25, -0.2) is 8.42 Å². The van der Waals surface area contributed by atoms with Gasteiger partial charge in [-0.1, -0.05) is 19.1 Å². The van der Waals surface area contributed by atoms with Crippen molar-refractivity contribution >= 4 is 21.6 Å². The van der Waals surface area contributed by atoms with Crippen LogP contribution in [0.3, 0.4) is 0 Å². The summed E-state index contributed by atoms with van der Waals surface area (Å²) in [6, 6.07) is 3.91. The highest BCUT2D eigenvalue weighted by Gasteiger charge is 2.25. The fourth-order valence-corrected chi connectivity index (χ4v) is 3.35. The molecule has 0 saturated heterocycles. The van der Waals surface area contributed by atoms with Gasteiger partial charge in [0.15, 0.2) is 0 Å². The van der Waals surface area contributed by atoms with Crippen LogP contribution in [-0.2, 0) is 10.0 Å². The third-order valence-corrected chi connectivity index (χ3v) is 4.71. The summed E-state index contributed by atoms with van der Waals surface area (Å²) in [7, 11) is -3.72. The van der Waals surface area contributed by atoms with Gasteiger partial charge in [0.2, 0.25) is 15.9 Å². The molecule has 0 fully saturated rings. The molecule has 110 valence electrons. The first-order valence-electron chi connectivity index (χ1n) is 6.04. The number of sulfonamides is 1. The molecule has 0 heterocycles. The number of amides is 1. The molecule has 7 heteroatoms. The Morgan fingerprint density at radius 2 is 2.00 bits per heavy atom. The molecule has 4 N–H and O–H groups in total. The SMILES string of the molecule is C=C(C)CN(CC)S(=O)(=O)c1ccc(C(N)=O)cc1N. The molecule has 0 saturated carbocycles. The van der Waals surface area contributed by atoms with Crippen molar-refractivity contribution in [1.82, 2.24) is 4.31 Å². The predicted molar refractivity (Wildman–Crippen MR) is 78.6 cm³/mol. The number of carbonyl (C=O) groups excluding carboxylic acids is 1. The number of hydrogen-bond donors (Lipinski definition) is 2. The summed E-state index contributed by atoms with van der Waals surface area (Å²) >= 11 is 0. The van der Waals surface area contributed by atoms with Crippen LogP contribution >= 0.6 is 0 Å². The molecule has 20 heavy (non-hydrogen) atoms. The largest absolute Gasteiger partial charge is 0.398 e. The van der Waals surface area contributed by atoms with Gasteiger partial charge in [0, 0.05) is 18.7 Å². The minimum absolute atomic E-state index is 0.00136. The van der Waals surface area contributed by atoms with E-state index in [1.165, 1.54) is 22.5 Å². The lowest BCUT2D eigenvalue weighted by Gasteiger charge is -2.21. The Morgan fingerprint density at radius 3 is 2.40 bits per heavy atom. The smallest absolute Gasteiger partial charge is 0.248 e. The predicted octanol–water partition coefficient (Wildman–Crippen LogP) is 0.954. The Balaban J connectivity index is 3.27. The van der Waals surface area contributed by atoms with Gasteiger partial charge in [-0.2, -0.15) is 4.31 Å². The van der Waals surface area contributed by atoms with Gasteiger partial charge < -0.3 is 11.5 Å². The van der Waals surface area contributed by atoms with Crippen molar-refractivity contribution in [2.45, 2.75) is 18.7 Å². The summed E-state index contributed by atoms with van der Waals surface area (Å²) in [6.45, 7) is 7.71. The van der Waals surface area contributed by atoms with Crippen molar-refractivity contribution in [3.05, 3.63) is 35.9 Å². The van der Waals surface area contributed by atoms with Crippen molar-refractivity contribution in [1.29, 1.82) is 0 Å². The van der Waals surface area contributed by atoms with Crippen LogP contribution in [0.5, 0.6) is 0 Å². The first-order valence-corrected chi connectivity index (χ1v) is 7.48. The minimum atomic E-state index is -3.72. The van der Waals surface area contributed by atoms with E-state index in [1.54, 1.807) is 13.8 Å². The van der Waals surface area contributed by atoms with Crippen LogP contribution in [0.2, 0.25) is 0 Å². The van der Waals surface area contributed by atoms with E-state index >= 15 is 0 Å². The van der Waals surface area contributed by atoms with Crippen molar-refractivity contribution in [2.75, 3.05) is 18.8 Å². The highest BCUT2D eigenvalue weighted by Crippen LogP contribution is 2.24. The van der Waals surface area contributed by atoms with E-state index in [9.17, 15) is 13.2 Å². The van der Waals surface area contributed by atoms with Crippen molar-refractivity contribution < 1.29 is 13.2 Å². The first kappa shape index (κ1) is 16.2. The maximum atomic E-state index is 12.5. The van der Waals surface area contributed by atoms with Crippen molar-refractivity contribution in [3.8, 4) is 0 Å². The Hall–Kier alpha value is -1.86. The Morgan fingerprint density at radius 1 is 1.40 bits per heavy atom. The number of rotatable bonds is 6. The fourth-order valence-electron chi connectivity index (χ4n) is 1.74. The van der Waals surface area contributed by atoms with E-state index in [2.05, 4.69) is 6.58 Å². The molecule has 0 aliphatic rings. The minimum Gasteiger partial charge on any atom is -0.398 e. The van der Waals surface area contributed by atoms with Crippen LogP contribution < -0.4 is 11.5 Å². The molecule has 1 aromatic carbocycles. The van der Waals surface area contributed by atoms with Gasteiger partial charge >= 0.3 is 0 Å². The number of anilines is 1. The maximum Gasteiger partial charge on any atom is 0.248 e. The van der Waals surface area contributed by atoms with Gasteiger partial charge in [0.25, 0.3) is 0 Å². The molecule has 1 aromatic rings. The molecule has 0 unspecified atom stereocenters. The van der Waals surface area contributed by atoms with Gasteiger partial charge in [0.05, 0.1) is 5.69 Å². The molecule has 0 atom stereocenters. The van der Waals surface area contributed by atoms with E-state index < -0.39 is 15.9 Å². The van der Waals surface area contributed by atoms with Crippen LogP contribution in [-0.4, -0.2) is 31.7 Å². The Kier molecular flexibility index (Phi) is 4.91. The second-order valence-corrected chi connectivity index (χ2v) is 6.41. The fraction of sp³-hybridized carbons (Fsp3) is 0.308. The maximum absolute atomic E-state index is 12.5. The molecule has 1 rings (SSSR count). The zero-order chi connectivity index (χ0) is 15.5. The lowest BCUT2D eigenvalue weighted by Crippen LogP contribution is -2.32. The van der Waals surface area contributed by atoms with Crippen LogP contribution in [0.4, 0.5) is 5.69 Å². The molecular formula is C13H19N3O3S. The average molecular weight is 297 g/mol. The van der Waals surface area contributed by atoms with Crippen molar-refractivity contribution in [2.24, 2.45) is 5.73 Å². The third-order valence-electron chi connectivity index (χ3n) is 2.71. The molecule has 0 radical (unpaired) electrons. The van der Waals surface area contributed by atoms with Gasteiger partial charge in [-0.15, -0.1) is 0 Å². The topological polar surface area (TPSA) is 106 Å². The van der Waals surface area contributed by atoms with E-state index in [0.717, 1.165) is 5.57 Å². The monoisotopic (exact) mass is 297 g/mol. The number of hydrogen-bond acceptors (Lipinski definition) is 4. The molecule has 0 aliphatic carbocycles. The molecule has 0 aromatic heterocycles. The second-order valence-electron chi connectivity index (χ2n) is 4.51. The molecule has 0 spiro atoms. The Bertz CT molecular complexity index is 638. The lowest BCUT2D eigenvalue weighted by atomic mass is 10.2. The van der Waals surface area contributed by atoms with Gasteiger partial charge in [-0.05, 0) is 25.1 Å². The van der Waals surface area contributed by atoms with Crippen LogP contribution in [0.1, 0.15) is 24.2 Å². The number of carbonyl (C=O) groups is 1. The van der Waals surface area contributed by atoms with Crippen molar-refractivity contribution in [3.63, 3.8) is 0 Å². The van der Waals surface area contributed by atoms with Crippen LogP contribution in [0.15, 0.2) is 35.2 Å². The summed E-state index contributed by atoms with van der Waals surface area (Å²) < 4.78 is 26.2. The molecule has 1 amide bonds. The number of primary amides is 1. The summed E-state index contributed by atoms with van der Waals surface area (Å²) in [4.78, 5) is 11.0. The van der Waals surface area contributed by atoms with Crippen LogP contribution in [0, 0.1) is 0 Å². The lowest BCUT2D eigenvalue weighted by molar-refractivity contribution is 0.1000. The van der Waals surface area contributed by atoms with E-state index in [1.807, 2.05) is 0 Å². The number of nitrogen functional groups attached to an aromatic ring is 1. The number of nitrogens with zero attached hydrogens (tertiary/aromatic N) is 1. The van der Waals surface area contributed by atoms with E-state index in [4.69, 9.17) is 11.5 Å². The summed E-state index contributed by atoms with van der Waals surface area (Å²) in [6.07, 6.45) is 0. The van der Waals surface area contributed by atoms with E-state index in [-0.39, 0.29) is 22.7 Å². The highest BCUT2D eigenvalue weighted by molar-refractivity contribution is 7.89. The normalized spacial score (nSPS) is 11.6. The summed E-state index contributed by atoms with van der Waals surface area (Å²) in [5.41, 5.74) is 11.8. The summed E-state index contributed by atoms with van der Waals surface area (Å²) in [5, 5.41) is 0. The Labute approximate surface area is 119 Å². The molecule has 0 aliphatic heterocycles. The zero-order valence-electron chi connectivity index (χ0n) is 11.6. The summed E-state index contributed by atoms with van der Waals surface area (Å²) in [5.74, 6) is -0.657. The third kappa shape index (κ3) is 3.37. The standard InChI is InChI=1S/C13H19N3O3S/c1-4-16(8-9(2)3)20(18,19)12-6-5-10(13(15)17)7-11(12)14/h5-7H,2,4,8,14H2,1,3H3,(H2,15,17). The van der Waals surface area contributed by atoms with Crippen LogP contribution in [0.25, 0.3) is 0 Å². The quantitative estimate of drug-likeness (QED) is 0.602. The zero-order valence-corrected chi connectivity index (χ0v) is 12.4. The number of benzene rings is 1. The van der Waals surface area contributed by atoms with Gasteiger partial charge in [0.1, 0.15) is 4.90 Å². The second kappa shape index (κ2) is 6.06. The van der Waals surface area contributed by atoms with Gasteiger partial charge in [-0.3, -0.25) is 4.79 Å². The number of likely N-dealkylation sites (N-methyl/N-ethyl adjacent to an activating group) is 1. The van der Waals surface area contributed by atoms with E-state index in [0.29, 0.717) is 6.54 Å². The number of nitrogens with two attached hydrogens (primary N) is 2. The molecular weight excluding hydrogens is 278 g/mol. The highest BCUT2D eigenvalue weighted by atomic mass is 32.2.